The molecule has 0 aliphatic rings. The van der Waals surface area contributed by atoms with E-state index in [1.54, 1.807) is 0 Å². The number of nitrogens with zero attached hydrogens (tertiary/aromatic N) is 2. The first-order valence-corrected chi connectivity index (χ1v) is 7.68. The molecule has 3 rings (SSSR count). The molecule has 22 heavy (non-hydrogen) atoms. The van der Waals surface area contributed by atoms with Crippen LogP contribution in [0.4, 0.5) is 0 Å². The number of benzene rings is 1. The highest BCUT2D eigenvalue weighted by molar-refractivity contribution is 6.30. The van der Waals surface area contributed by atoms with E-state index in [0.717, 1.165) is 17.1 Å². The van der Waals surface area contributed by atoms with Gasteiger partial charge >= 0.3 is 0 Å². The number of pyridine rings is 1. The van der Waals surface area contributed by atoms with E-state index in [1.807, 2.05) is 29.7 Å². The molecule has 3 nitrogen and oxygen atoms in total. The lowest BCUT2D eigenvalue weighted by Crippen LogP contribution is -2.02. The van der Waals surface area contributed by atoms with Crippen molar-refractivity contribution in [2.75, 3.05) is 0 Å². The van der Waals surface area contributed by atoms with Gasteiger partial charge in [-0.15, -0.1) is 0 Å². The van der Waals surface area contributed by atoms with Crippen molar-refractivity contribution >= 4 is 17.2 Å². The lowest BCUT2D eigenvalue weighted by molar-refractivity contribution is 0.306. The summed E-state index contributed by atoms with van der Waals surface area (Å²) in [6.07, 6.45) is 1.90. The SMILES string of the molecule is Cc1cc(C)c(COc2cccn3c(Cl)c(C)nc23)c(C)c1. The van der Waals surface area contributed by atoms with Crippen molar-refractivity contribution in [3.8, 4) is 5.75 Å². The van der Waals surface area contributed by atoms with Crippen LogP contribution in [0, 0.1) is 27.7 Å². The predicted molar refractivity (Wildman–Crippen MR) is 89.9 cm³/mol. The second-order valence-corrected chi connectivity index (χ2v) is 6.08. The molecule has 0 radical (unpaired) electrons. The zero-order chi connectivity index (χ0) is 15.9. The molecule has 0 fully saturated rings. The van der Waals surface area contributed by atoms with Gasteiger partial charge in [0.1, 0.15) is 11.8 Å². The van der Waals surface area contributed by atoms with Crippen molar-refractivity contribution in [1.29, 1.82) is 0 Å². The van der Waals surface area contributed by atoms with Crippen LogP contribution in [0.5, 0.6) is 5.75 Å². The topological polar surface area (TPSA) is 26.5 Å². The van der Waals surface area contributed by atoms with Gasteiger partial charge in [0.2, 0.25) is 0 Å². The van der Waals surface area contributed by atoms with Crippen molar-refractivity contribution in [1.82, 2.24) is 9.38 Å². The first kappa shape index (κ1) is 14.9. The maximum absolute atomic E-state index is 6.24. The van der Waals surface area contributed by atoms with Crippen LogP contribution in [-0.2, 0) is 6.61 Å². The van der Waals surface area contributed by atoms with Crippen LogP contribution in [0.2, 0.25) is 5.15 Å². The smallest absolute Gasteiger partial charge is 0.181 e. The summed E-state index contributed by atoms with van der Waals surface area (Å²) in [7, 11) is 0. The normalized spacial score (nSPS) is 11.1. The van der Waals surface area contributed by atoms with Crippen molar-refractivity contribution in [2.24, 2.45) is 0 Å². The van der Waals surface area contributed by atoms with Crippen LogP contribution in [0.3, 0.4) is 0 Å². The molecule has 0 N–H and O–H groups in total. The summed E-state index contributed by atoms with van der Waals surface area (Å²) in [5, 5.41) is 0.628. The Morgan fingerprint density at radius 1 is 1.14 bits per heavy atom. The number of rotatable bonds is 3. The van der Waals surface area contributed by atoms with Crippen LogP contribution in [-0.4, -0.2) is 9.38 Å². The largest absolute Gasteiger partial charge is 0.485 e. The molecule has 0 aliphatic carbocycles. The summed E-state index contributed by atoms with van der Waals surface area (Å²) >= 11 is 6.24. The Hall–Kier alpha value is -2.00. The highest BCUT2D eigenvalue weighted by atomic mass is 35.5. The molecule has 0 atom stereocenters. The number of halogens is 1. The number of aromatic nitrogens is 2. The maximum atomic E-state index is 6.24. The highest BCUT2D eigenvalue weighted by Crippen LogP contribution is 2.26. The van der Waals surface area contributed by atoms with E-state index in [-0.39, 0.29) is 0 Å². The third-order valence-electron chi connectivity index (χ3n) is 3.93. The van der Waals surface area contributed by atoms with Gasteiger partial charge < -0.3 is 4.74 Å². The zero-order valence-corrected chi connectivity index (χ0v) is 14.0. The lowest BCUT2D eigenvalue weighted by Gasteiger charge is -2.13. The quantitative estimate of drug-likeness (QED) is 0.694. The van der Waals surface area contributed by atoms with Crippen LogP contribution in [0.15, 0.2) is 30.5 Å². The second-order valence-electron chi connectivity index (χ2n) is 5.72. The summed E-state index contributed by atoms with van der Waals surface area (Å²) in [5.41, 5.74) is 6.57. The van der Waals surface area contributed by atoms with Gasteiger partial charge in [-0.1, -0.05) is 29.3 Å². The fraction of sp³-hybridized carbons (Fsp3) is 0.278. The molecule has 0 bridgehead atoms. The van der Waals surface area contributed by atoms with Crippen molar-refractivity contribution < 1.29 is 4.74 Å². The van der Waals surface area contributed by atoms with Crippen molar-refractivity contribution in [2.45, 2.75) is 34.3 Å². The number of fused-ring (bicyclic) bond motifs is 1. The monoisotopic (exact) mass is 314 g/mol. The van der Waals surface area contributed by atoms with Gasteiger partial charge in [-0.2, -0.15) is 0 Å². The van der Waals surface area contributed by atoms with Gasteiger partial charge in [0.15, 0.2) is 11.4 Å². The molecule has 0 saturated carbocycles. The molecular formula is C18H19ClN2O. The molecule has 114 valence electrons. The maximum Gasteiger partial charge on any atom is 0.181 e. The van der Waals surface area contributed by atoms with Gasteiger partial charge in [0, 0.05) is 6.20 Å². The third-order valence-corrected chi connectivity index (χ3v) is 4.38. The standard InChI is InChI=1S/C18H19ClN2O/c1-11-8-12(2)15(13(3)9-11)10-22-16-6-5-7-21-17(19)14(4)20-18(16)21/h5-9H,10H2,1-4H3. The van der Waals surface area contributed by atoms with E-state index in [4.69, 9.17) is 16.3 Å². The van der Waals surface area contributed by atoms with E-state index in [9.17, 15) is 0 Å². The van der Waals surface area contributed by atoms with Crippen LogP contribution < -0.4 is 4.74 Å². The summed E-state index contributed by atoms with van der Waals surface area (Å²) in [4.78, 5) is 4.49. The summed E-state index contributed by atoms with van der Waals surface area (Å²) in [6, 6.07) is 8.22. The Morgan fingerprint density at radius 2 is 1.82 bits per heavy atom. The Bertz CT molecular complexity index is 829. The van der Waals surface area contributed by atoms with Gasteiger partial charge in [-0.25, -0.2) is 4.98 Å². The fourth-order valence-corrected chi connectivity index (χ4v) is 3.01. The first-order chi connectivity index (χ1) is 10.5. The van der Waals surface area contributed by atoms with Crippen molar-refractivity contribution in [3.63, 3.8) is 0 Å². The molecule has 3 aromatic rings. The first-order valence-electron chi connectivity index (χ1n) is 7.30. The summed E-state index contributed by atoms with van der Waals surface area (Å²) in [6.45, 7) is 8.78. The van der Waals surface area contributed by atoms with Crippen LogP contribution in [0.25, 0.3) is 5.65 Å². The van der Waals surface area contributed by atoms with Crippen LogP contribution >= 0.6 is 11.6 Å². The van der Waals surface area contributed by atoms with Gasteiger partial charge in [-0.05, 0) is 56.5 Å². The van der Waals surface area contributed by atoms with Crippen LogP contribution in [0.1, 0.15) is 27.9 Å². The Kier molecular flexibility index (Phi) is 3.83. The second kappa shape index (κ2) is 5.65. The lowest BCUT2D eigenvalue weighted by atomic mass is 10.0. The van der Waals surface area contributed by atoms with E-state index >= 15 is 0 Å². The van der Waals surface area contributed by atoms with Gasteiger partial charge in [0.05, 0.1) is 5.69 Å². The number of aryl methyl sites for hydroxylation is 4. The van der Waals surface area contributed by atoms with E-state index in [2.05, 4.69) is 37.9 Å². The fourth-order valence-electron chi connectivity index (χ4n) is 2.83. The highest BCUT2D eigenvalue weighted by Gasteiger charge is 2.12. The number of ether oxygens (including phenoxy) is 1. The molecule has 2 heterocycles. The Morgan fingerprint density at radius 3 is 2.50 bits per heavy atom. The molecule has 0 aliphatic heterocycles. The zero-order valence-electron chi connectivity index (χ0n) is 13.3. The minimum Gasteiger partial charge on any atom is -0.485 e. The molecule has 0 unspecified atom stereocenters. The molecule has 0 amide bonds. The van der Waals surface area contributed by atoms with E-state index in [1.165, 1.54) is 22.3 Å². The van der Waals surface area contributed by atoms with E-state index < -0.39 is 0 Å². The molecule has 2 aromatic heterocycles. The number of hydrogen-bond acceptors (Lipinski definition) is 2. The minimum atomic E-state index is 0.529. The molecular weight excluding hydrogens is 296 g/mol. The van der Waals surface area contributed by atoms with Gasteiger partial charge in [0.25, 0.3) is 0 Å². The minimum absolute atomic E-state index is 0.529. The summed E-state index contributed by atoms with van der Waals surface area (Å²) in [5.74, 6) is 0.747. The third kappa shape index (κ3) is 2.57. The number of imidazole rings is 1. The average molecular weight is 315 g/mol. The molecule has 0 saturated heterocycles. The molecule has 4 heteroatoms. The summed E-state index contributed by atoms with van der Waals surface area (Å²) < 4.78 is 7.88. The Labute approximate surface area is 135 Å². The van der Waals surface area contributed by atoms with Crippen molar-refractivity contribution in [3.05, 3.63) is 63.6 Å². The molecule has 1 aromatic carbocycles. The van der Waals surface area contributed by atoms with Gasteiger partial charge in [-0.3, -0.25) is 4.40 Å². The Balaban J connectivity index is 1.94. The average Bonchev–Trinajstić information content (AvgIpc) is 2.74. The molecule has 0 spiro atoms. The number of hydrogen-bond donors (Lipinski definition) is 0. The predicted octanol–water partition coefficient (Wildman–Crippen LogP) is 4.80. The van der Waals surface area contributed by atoms with E-state index in [0.29, 0.717) is 11.8 Å².